The van der Waals surface area contributed by atoms with Crippen molar-refractivity contribution >= 4 is 0 Å². The number of hydrogen-bond donors (Lipinski definition) is 1. The lowest BCUT2D eigenvalue weighted by Crippen LogP contribution is -2.40. The van der Waals surface area contributed by atoms with Gasteiger partial charge in [-0.2, -0.15) is 0 Å². The standard InChI is InChI=1S/C18H28N2/c1-14(15-6-3-2-4-7-15)10-18(11-19)20-12-16-8-5-9-17(16)13-20/h2-4,6-7,14,16-18H,5,8-13,19H2,1H3. The third-order valence-corrected chi connectivity index (χ3v) is 5.54. The van der Waals surface area contributed by atoms with E-state index in [-0.39, 0.29) is 0 Å². The summed E-state index contributed by atoms with van der Waals surface area (Å²) in [5.41, 5.74) is 7.54. The minimum Gasteiger partial charge on any atom is -0.329 e. The van der Waals surface area contributed by atoms with Crippen LogP contribution in [-0.4, -0.2) is 30.6 Å². The summed E-state index contributed by atoms with van der Waals surface area (Å²) in [7, 11) is 0. The molecule has 20 heavy (non-hydrogen) atoms. The second-order valence-corrected chi connectivity index (χ2v) is 6.84. The molecule has 0 radical (unpaired) electrons. The van der Waals surface area contributed by atoms with E-state index in [2.05, 4.69) is 42.2 Å². The minimum atomic E-state index is 0.566. The summed E-state index contributed by atoms with van der Waals surface area (Å²) in [6.45, 7) is 5.74. The number of likely N-dealkylation sites (tertiary alicyclic amines) is 1. The molecule has 1 heterocycles. The molecule has 1 aliphatic carbocycles. The van der Waals surface area contributed by atoms with E-state index in [9.17, 15) is 0 Å². The van der Waals surface area contributed by atoms with Crippen LogP contribution in [-0.2, 0) is 0 Å². The third-order valence-electron chi connectivity index (χ3n) is 5.54. The third kappa shape index (κ3) is 2.91. The number of benzene rings is 1. The molecule has 1 aromatic rings. The Balaban J connectivity index is 1.60. The topological polar surface area (TPSA) is 29.3 Å². The summed E-state index contributed by atoms with van der Waals surface area (Å²) in [6.07, 6.45) is 5.55. The predicted octanol–water partition coefficient (Wildman–Crippen LogP) is 3.24. The Morgan fingerprint density at radius 1 is 1.15 bits per heavy atom. The molecule has 0 aromatic heterocycles. The zero-order valence-electron chi connectivity index (χ0n) is 12.7. The van der Waals surface area contributed by atoms with E-state index >= 15 is 0 Å². The van der Waals surface area contributed by atoms with Crippen LogP contribution in [0.3, 0.4) is 0 Å². The lowest BCUT2D eigenvalue weighted by Gasteiger charge is -2.30. The number of nitrogens with two attached hydrogens (primary N) is 1. The Bertz CT molecular complexity index is 405. The Morgan fingerprint density at radius 3 is 2.40 bits per heavy atom. The molecule has 2 aliphatic rings. The minimum absolute atomic E-state index is 0.566. The van der Waals surface area contributed by atoms with Crippen LogP contribution in [0.2, 0.25) is 0 Å². The van der Waals surface area contributed by atoms with Crippen molar-refractivity contribution in [3.05, 3.63) is 35.9 Å². The van der Waals surface area contributed by atoms with Gasteiger partial charge in [-0.15, -0.1) is 0 Å². The van der Waals surface area contributed by atoms with Crippen molar-refractivity contribution in [2.75, 3.05) is 19.6 Å². The second kappa shape index (κ2) is 6.28. The van der Waals surface area contributed by atoms with E-state index in [0.29, 0.717) is 12.0 Å². The number of nitrogens with zero attached hydrogens (tertiary/aromatic N) is 1. The molecule has 3 rings (SSSR count). The molecule has 0 amide bonds. The average molecular weight is 272 g/mol. The van der Waals surface area contributed by atoms with Gasteiger partial charge >= 0.3 is 0 Å². The first-order valence-electron chi connectivity index (χ1n) is 8.27. The van der Waals surface area contributed by atoms with E-state index in [0.717, 1.165) is 18.4 Å². The maximum Gasteiger partial charge on any atom is 0.0224 e. The zero-order valence-corrected chi connectivity index (χ0v) is 12.7. The van der Waals surface area contributed by atoms with Crippen LogP contribution >= 0.6 is 0 Å². The van der Waals surface area contributed by atoms with Crippen LogP contribution in [0.1, 0.15) is 44.1 Å². The van der Waals surface area contributed by atoms with Crippen LogP contribution in [0, 0.1) is 11.8 Å². The van der Waals surface area contributed by atoms with E-state index in [1.54, 1.807) is 0 Å². The zero-order chi connectivity index (χ0) is 13.9. The second-order valence-electron chi connectivity index (χ2n) is 6.84. The largest absolute Gasteiger partial charge is 0.329 e. The lowest BCUT2D eigenvalue weighted by molar-refractivity contribution is 0.211. The fourth-order valence-corrected chi connectivity index (χ4v) is 4.29. The fraction of sp³-hybridized carbons (Fsp3) is 0.667. The first-order chi connectivity index (χ1) is 9.78. The number of fused-ring (bicyclic) bond motifs is 1. The van der Waals surface area contributed by atoms with Gasteiger partial charge in [-0.3, -0.25) is 4.90 Å². The Morgan fingerprint density at radius 2 is 1.80 bits per heavy atom. The number of hydrogen-bond acceptors (Lipinski definition) is 2. The van der Waals surface area contributed by atoms with Gasteiger partial charge in [0.25, 0.3) is 0 Å². The van der Waals surface area contributed by atoms with Gasteiger partial charge in [0.1, 0.15) is 0 Å². The van der Waals surface area contributed by atoms with Crippen molar-refractivity contribution in [2.45, 2.75) is 44.6 Å². The van der Waals surface area contributed by atoms with Crippen LogP contribution in [0.5, 0.6) is 0 Å². The highest BCUT2D eigenvalue weighted by Gasteiger charge is 2.38. The van der Waals surface area contributed by atoms with Gasteiger partial charge in [0.15, 0.2) is 0 Å². The van der Waals surface area contributed by atoms with E-state index in [1.165, 1.54) is 44.3 Å². The van der Waals surface area contributed by atoms with Gasteiger partial charge in [0.05, 0.1) is 0 Å². The summed E-state index contributed by atoms with van der Waals surface area (Å²) in [5, 5.41) is 0. The molecule has 4 atom stereocenters. The van der Waals surface area contributed by atoms with Gasteiger partial charge in [-0.05, 0) is 42.6 Å². The Labute approximate surface area is 123 Å². The SMILES string of the molecule is CC(CC(CN)N1CC2CCCC2C1)c1ccccc1. The highest BCUT2D eigenvalue weighted by molar-refractivity contribution is 5.19. The van der Waals surface area contributed by atoms with Gasteiger partial charge in [-0.25, -0.2) is 0 Å². The summed E-state index contributed by atoms with van der Waals surface area (Å²) >= 11 is 0. The summed E-state index contributed by atoms with van der Waals surface area (Å²) in [5.74, 6) is 2.54. The molecule has 1 aliphatic heterocycles. The van der Waals surface area contributed by atoms with Crippen LogP contribution in [0.15, 0.2) is 30.3 Å². The van der Waals surface area contributed by atoms with Gasteiger partial charge in [-0.1, -0.05) is 43.7 Å². The van der Waals surface area contributed by atoms with Crippen molar-refractivity contribution in [3.63, 3.8) is 0 Å². The molecule has 2 nitrogen and oxygen atoms in total. The number of rotatable bonds is 5. The van der Waals surface area contributed by atoms with Crippen LogP contribution < -0.4 is 5.73 Å². The molecule has 0 spiro atoms. The highest BCUT2D eigenvalue weighted by atomic mass is 15.2. The summed E-state index contributed by atoms with van der Waals surface area (Å²) < 4.78 is 0. The van der Waals surface area contributed by atoms with Crippen LogP contribution in [0.4, 0.5) is 0 Å². The Kier molecular flexibility index (Phi) is 4.42. The molecule has 1 saturated heterocycles. The van der Waals surface area contributed by atoms with Crippen molar-refractivity contribution in [1.29, 1.82) is 0 Å². The first-order valence-corrected chi connectivity index (χ1v) is 8.27. The molecular weight excluding hydrogens is 244 g/mol. The first kappa shape index (κ1) is 14.1. The smallest absolute Gasteiger partial charge is 0.0224 e. The predicted molar refractivity (Wildman–Crippen MR) is 84.7 cm³/mol. The molecule has 2 N–H and O–H groups in total. The van der Waals surface area contributed by atoms with E-state index < -0.39 is 0 Å². The van der Waals surface area contributed by atoms with Crippen molar-refractivity contribution in [3.8, 4) is 0 Å². The maximum atomic E-state index is 6.09. The Hall–Kier alpha value is -0.860. The van der Waals surface area contributed by atoms with E-state index in [4.69, 9.17) is 5.73 Å². The van der Waals surface area contributed by atoms with Crippen molar-refractivity contribution in [1.82, 2.24) is 4.90 Å². The molecule has 2 heteroatoms. The highest BCUT2D eigenvalue weighted by Crippen LogP contribution is 2.39. The van der Waals surface area contributed by atoms with Gasteiger partial charge in [0, 0.05) is 25.7 Å². The van der Waals surface area contributed by atoms with Gasteiger partial charge in [0.2, 0.25) is 0 Å². The van der Waals surface area contributed by atoms with Crippen LogP contribution in [0.25, 0.3) is 0 Å². The molecule has 110 valence electrons. The molecular formula is C18H28N2. The van der Waals surface area contributed by atoms with Crippen molar-refractivity contribution in [2.24, 2.45) is 17.6 Å². The molecule has 2 fully saturated rings. The molecule has 4 unspecified atom stereocenters. The molecule has 1 aromatic carbocycles. The van der Waals surface area contributed by atoms with Crippen molar-refractivity contribution < 1.29 is 0 Å². The maximum absolute atomic E-state index is 6.09. The average Bonchev–Trinajstić information content (AvgIpc) is 3.06. The van der Waals surface area contributed by atoms with E-state index in [1.807, 2.05) is 0 Å². The summed E-state index contributed by atoms with van der Waals surface area (Å²) in [6, 6.07) is 11.4. The normalized spacial score (nSPS) is 29.3. The summed E-state index contributed by atoms with van der Waals surface area (Å²) in [4.78, 5) is 2.69. The van der Waals surface area contributed by atoms with Gasteiger partial charge < -0.3 is 5.73 Å². The monoisotopic (exact) mass is 272 g/mol. The quantitative estimate of drug-likeness (QED) is 0.891. The fourth-order valence-electron chi connectivity index (χ4n) is 4.29. The molecule has 0 bridgehead atoms. The molecule has 1 saturated carbocycles. The lowest BCUT2D eigenvalue weighted by atomic mass is 9.93.